The highest BCUT2D eigenvalue weighted by Crippen LogP contribution is 2.31. The van der Waals surface area contributed by atoms with Gasteiger partial charge in [0.25, 0.3) is 0 Å². The number of thiophene rings is 1. The molecule has 0 bridgehead atoms. The second kappa shape index (κ2) is 2.72. The van der Waals surface area contributed by atoms with E-state index in [9.17, 15) is 0 Å². The summed E-state index contributed by atoms with van der Waals surface area (Å²) >= 11 is 1.61. The molecule has 3 rings (SSSR count). The van der Waals surface area contributed by atoms with Crippen molar-refractivity contribution >= 4 is 31.8 Å². The highest BCUT2D eigenvalue weighted by atomic mass is 32.1. The Labute approximate surface area is 84.5 Å². The number of fused-ring (bicyclic) bond motifs is 3. The van der Waals surface area contributed by atoms with E-state index in [1.165, 1.54) is 0 Å². The van der Waals surface area contributed by atoms with E-state index < -0.39 is 0 Å². The van der Waals surface area contributed by atoms with Gasteiger partial charge in [-0.1, -0.05) is 11.3 Å². The molecule has 0 aliphatic rings. The number of rotatable bonds is 0. The zero-order valence-electron chi connectivity index (χ0n) is 7.56. The topological polar surface area (TPSA) is 38.7 Å². The van der Waals surface area contributed by atoms with Crippen LogP contribution < -0.4 is 0 Å². The molecule has 0 atom stereocenters. The number of nitrogens with zero attached hydrogens (tertiary/aromatic N) is 3. The fraction of sp³-hybridized carbons (Fsp3) is 0.100. The van der Waals surface area contributed by atoms with Gasteiger partial charge in [-0.25, -0.2) is 15.0 Å². The summed E-state index contributed by atoms with van der Waals surface area (Å²) in [6.07, 6.45) is 3.41. The molecule has 3 nitrogen and oxygen atoms in total. The van der Waals surface area contributed by atoms with E-state index in [-0.39, 0.29) is 0 Å². The molecule has 0 unspecified atom stereocenters. The Morgan fingerprint density at radius 3 is 3.00 bits per heavy atom. The summed E-state index contributed by atoms with van der Waals surface area (Å²) < 4.78 is 0. The second-order valence-corrected chi connectivity index (χ2v) is 4.07. The van der Waals surface area contributed by atoms with Gasteiger partial charge in [-0.2, -0.15) is 0 Å². The summed E-state index contributed by atoms with van der Waals surface area (Å²) in [6.45, 7) is 2.00. The summed E-state index contributed by atoms with van der Waals surface area (Å²) in [5.74, 6) is 0. The van der Waals surface area contributed by atoms with Gasteiger partial charge in [-0.3, -0.25) is 0 Å². The lowest BCUT2D eigenvalue weighted by Gasteiger charge is -1.93. The normalized spacial score (nSPS) is 11.2. The van der Waals surface area contributed by atoms with Gasteiger partial charge in [0.1, 0.15) is 16.0 Å². The van der Waals surface area contributed by atoms with E-state index in [2.05, 4.69) is 21.0 Å². The average Bonchev–Trinajstić information content (AvgIpc) is 2.57. The number of aryl methyl sites for hydroxylation is 1. The van der Waals surface area contributed by atoms with Crippen molar-refractivity contribution < 1.29 is 0 Å². The third-order valence-corrected chi connectivity index (χ3v) is 3.26. The minimum absolute atomic E-state index is 1.02. The third kappa shape index (κ3) is 0.943. The summed E-state index contributed by atoms with van der Waals surface area (Å²) in [4.78, 5) is 14.8. The number of aromatic nitrogens is 3. The molecule has 14 heavy (non-hydrogen) atoms. The first kappa shape index (κ1) is 7.82. The minimum Gasteiger partial charge on any atom is -0.245 e. The quantitative estimate of drug-likeness (QED) is 0.561. The molecular formula is C10H7N3S. The van der Waals surface area contributed by atoms with Crippen molar-refractivity contribution in [2.45, 2.75) is 6.92 Å². The van der Waals surface area contributed by atoms with Gasteiger partial charge in [0.15, 0.2) is 0 Å². The van der Waals surface area contributed by atoms with Gasteiger partial charge in [-0.15, -0.1) is 0 Å². The molecule has 0 aliphatic heterocycles. The molecule has 0 spiro atoms. The van der Waals surface area contributed by atoms with Crippen LogP contribution in [-0.2, 0) is 0 Å². The first-order valence-corrected chi connectivity index (χ1v) is 5.13. The number of hydrogen-bond acceptors (Lipinski definition) is 4. The van der Waals surface area contributed by atoms with E-state index in [4.69, 9.17) is 0 Å². The zero-order valence-corrected chi connectivity index (χ0v) is 8.38. The predicted octanol–water partition coefficient (Wildman–Crippen LogP) is 2.55. The van der Waals surface area contributed by atoms with E-state index in [0.29, 0.717) is 0 Å². The van der Waals surface area contributed by atoms with Crippen LogP contribution in [0.4, 0.5) is 0 Å². The lowest BCUT2D eigenvalue weighted by atomic mass is 10.2. The molecule has 3 heterocycles. The molecule has 0 saturated carbocycles. The standard InChI is InChI=1S/C10H7N3S/c1-6-8-7-3-2-4-11-9(7)14-10(8)13-5-12-6/h2-5H,1H3. The Kier molecular flexibility index (Phi) is 1.52. The van der Waals surface area contributed by atoms with E-state index in [0.717, 1.165) is 26.1 Å². The zero-order chi connectivity index (χ0) is 9.54. The minimum atomic E-state index is 1.02. The fourth-order valence-electron chi connectivity index (χ4n) is 1.59. The molecule has 0 radical (unpaired) electrons. The van der Waals surface area contributed by atoms with Gasteiger partial charge >= 0.3 is 0 Å². The predicted molar refractivity (Wildman–Crippen MR) is 57.5 cm³/mol. The van der Waals surface area contributed by atoms with Crippen LogP contribution in [0, 0.1) is 6.92 Å². The molecule has 4 heteroatoms. The first-order valence-electron chi connectivity index (χ1n) is 4.31. The third-order valence-electron chi connectivity index (χ3n) is 2.24. The molecule has 3 aromatic rings. The van der Waals surface area contributed by atoms with Crippen molar-refractivity contribution in [1.29, 1.82) is 0 Å². The Hall–Kier alpha value is -1.55. The monoisotopic (exact) mass is 201 g/mol. The first-order chi connectivity index (χ1) is 6.86. The Morgan fingerprint density at radius 1 is 1.14 bits per heavy atom. The van der Waals surface area contributed by atoms with Crippen LogP contribution in [0.15, 0.2) is 24.7 Å². The lowest BCUT2D eigenvalue weighted by molar-refractivity contribution is 1.16. The summed E-state index contributed by atoms with van der Waals surface area (Å²) in [5.41, 5.74) is 1.02. The van der Waals surface area contributed by atoms with Crippen molar-refractivity contribution in [2.75, 3.05) is 0 Å². The SMILES string of the molecule is Cc1ncnc2sc3ncccc3c12. The van der Waals surface area contributed by atoms with Crippen molar-refractivity contribution in [3.63, 3.8) is 0 Å². The van der Waals surface area contributed by atoms with E-state index in [1.54, 1.807) is 23.9 Å². The summed E-state index contributed by atoms with van der Waals surface area (Å²) in [6, 6.07) is 4.01. The molecule has 0 amide bonds. The molecule has 68 valence electrons. The molecule has 3 aromatic heterocycles. The maximum Gasteiger partial charge on any atom is 0.129 e. The molecule has 0 saturated heterocycles. The maximum atomic E-state index is 4.31. The largest absolute Gasteiger partial charge is 0.245 e. The lowest BCUT2D eigenvalue weighted by Crippen LogP contribution is -1.82. The van der Waals surface area contributed by atoms with Crippen molar-refractivity contribution in [3.8, 4) is 0 Å². The van der Waals surface area contributed by atoms with Gasteiger partial charge in [-0.05, 0) is 19.1 Å². The van der Waals surface area contributed by atoms with Crippen LogP contribution >= 0.6 is 11.3 Å². The molecule has 0 aromatic carbocycles. The molecule has 0 fully saturated rings. The number of pyridine rings is 1. The molecule has 0 aliphatic carbocycles. The van der Waals surface area contributed by atoms with E-state index >= 15 is 0 Å². The van der Waals surface area contributed by atoms with Crippen molar-refractivity contribution in [3.05, 3.63) is 30.4 Å². The van der Waals surface area contributed by atoms with Crippen molar-refractivity contribution in [2.24, 2.45) is 0 Å². The van der Waals surface area contributed by atoms with Crippen molar-refractivity contribution in [1.82, 2.24) is 15.0 Å². The van der Waals surface area contributed by atoms with Crippen LogP contribution in [0.1, 0.15) is 5.69 Å². The van der Waals surface area contributed by atoms with Gasteiger partial charge in [0, 0.05) is 17.0 Å². The summed E-state index contributed by atoms with van der Waals surface area (Å²) in [5, 5.41) is 2.30. The number of hydrogen-bond donors (Lipinski definition) is 0. The van der Waals surface area contributed by atoms with E-state index in [1.807, 2.05) is 13.0 Å². The Bertz CT molecular complexity index is 615. The van der Waals surface area contributed by atoms with Gasteiger partial charge < -0.3 is 0 Å². The van der Waals surface area contributed by atoms with Crippen LogP contribution in [0.3, 0.4) is 0 Å². The van der Waals surface area contributed by atoms with Gasteiger partial charge in [0.05, 0.1) is 5.69 Å². The highest BCUT2D eigenvalue weighted by Gasteiger charge is 2.08. The average molecular weight is 201 g/mol. The second-order valence-electron chi connectivity index (χ2n) is 3.10. The highest BCUT2D eigenvalue weighted by molar-refractivity contribution is 7.25. The molecule has 0 N–H and O–H groups in total. The Morgan fingerprint density at radius 2 is 2.07 bits per heavy atom. The van der Waals surface area contributed by atoms with Crippen LogP contribution in [0.2, 0.25) is 0 Å². The summed E-state index contributed by atoms with van der Waals surface area (Å²) in [7, 11) is 0. The Balaban J connectivity index is 2.65. The van der Waals surface area contributed by atoms with Crippen LogP contribution in [-0.4, -0.2) is 15.0 Å². The smallest absolute Gasteiger partial charge is 0.129 e. The van der Waals surface area contributed by atoms with Crippen LogP contribution in [0.5, 0.6) is 0 Å². The maximum absolute atomic E-state index is 4.31. The van der Waals surface area contributed by atoms with Gasteiger partial charge in [0.2, 0.25) is 0 Å². The molecular weight excluding hydrogens is 194 g/mol. The fourth-order valence-corrected chi connectivity index (χ4v) is 2.63. The van der Waals surface area contributed by atoms with Crippen LogP contribution in [0.25, 0.3) is 20.4 Å².